The van der Waals surface area contributed by atoms with Crippen LogP contribution in [0.4, 0.5) is 0 Å². The summed E-state index contributed by atoms with van der Waals surface area (Å²) < 4.78 is 0. The maximum atomic E-state index is 13.3. The van der Waals surface area contributed by atoms with Gasteiger partial charge in [0, 0.05) is 65.4 Å². The summed E-state index contributed by atoms with van der Waals surface area (Å²) in [6.07, 6.45) is 5.79. The molecule has 1 aromatic rings. The Morgan fingerprint density at radius 3 is 2.37 bits per heavy atom. The van der Waals surface area contributed by atoms with Crippen molar-refractivity contribution >= 4 is 5.91 Å². The van der Waals surface area contributed by atoms with Crippen molar-refractivity contribution in [2.75, 3.05) is 72.5 Å². The largest absolute Gasteiger partial charge is 0.342 e. The van der Waals surface area contributed by atoms with Gasteiger partial charge in [-0.15, -0.1) is 0 Å². The van der Waals surface area contributed by atoms with Gasteiger partial charge in [0.15, 0.2) is 0 Å². The summed E-state index contributed by atoms with van der Waals surface area (Å²) >= 11 is 0. The van der Waals surface area contributed by atoms with Gasteiger partial charge in [0.2, 0.25) is 5.91 Å². The fraction of sp³-hybridized carbons (Fsp3) is 0.720. The molecule has 1 aromatic carbocycles. The molecule has 1 amide bonds. The number of piperidine rings is 2. The molecule has 0 aliphatic carbocycles. The Hall–Kier alpha value is -1.43. The second-order valence-corrected chi connectivity index (χ2v) is 9.78. The van der Waals surface area contributed by atoms with Crippen LogP contribution < -0.4 is 0 Å². The molecule has 3 fully saturated rings. The molecule has 4 rings (SSSR count). The van der Waals surface area contributed by atoms with E-state index in [4.69, 9.17) is 0 Å². The number of likely N-dealkylation sites (tertiary alicyclic amines) is 2. The summed E-state index contributed by atoms with van der Waals surface area (Å²) in [6.45, 7) is 10.9. The van der Waals surface area contributed by atoms with E-state index in [1.54, 1.807) is 0 Å². The average molecular weight is 413 g/mol. The van der Waals surface area contributed by atoms with Gasteiger partial charge in [-0.2, -0.15) is 0 Å². The van der Waals surface area contributed by atoms with Crippen molar-refractivity contribution in [2.45, 2.75) is 32.1 Å². The predicted molar refractivity (Wildman–Crippen MR) is 123 cm³/mol. The minimum atomic E-state index is 0.185. The van der Waals surface area contributed by atoms with E-state index in [9.17, 15) is 4.79 Å². The Labute approximate surface area is 183 Å². The van der Waals surface area contributed by atoms with Crippen molar-refractivity contribution in [3.63, 3.8) is 0 Å². The van der Waals surface area contributed by atoms with Crippen molar-refractivity contribution < 1.29 is 4.79 Å². The average Bonchev–Trinajstić information content (AvgIpc) is 2.80. The highest BCUT2D eigenvalue weighted by molar-refractivity contribution is 5.79. The van der Waals surface area contributed by atoms with E-state index in [1.165, 1.54) is 51.0 Å². The van der Waals surface area contributed by atoms with Gasteiger partial charge in [0.1, 0.15) is 0 Å². The summed E-state index contributed by atoms with van der Waals surface area (Å²) in [4.78, 5) is 23.1. The molecule has 166 valence electrons. The van der Waals surface area contributed by atoms with Gasteiger partial charge in [-0.1, -0.05) is 30.3 Å². The molecule has 5 nitrogen and oxygen atoms in total. The van der Waals surface area contributed by atoms with Gasteiger partial charge in [-0.25, -0.2) is 0 Å². The van der Waals surface area contributed by atoms with Gasteiger partial charge < -0.3 is 19.6 Å². The predicted octanol–water partition coefficient (Wildman–Crippen LogP) is 2.43. The van der Waals surface area contributed by atoms with Gasteiger partial charge in [-0.05, 0) is 50.6 Å². The van der Waals surface area contributed by atoms with Gasteiger partial charge >= 0.3 is 0 Å². The number of nitrogens with zero attached hydrogens (tertiary/aromatic N) is 4. The number of rotatable bonds is 6. The molecule has 3 aliphatic rings. The molecular formula is C25H40N4O. The number of benzene rings is 1. The van der Waals surface area contributed by atoms with Crippen LogP contribution in [-0.4, -0.2) is 98.0 Å². The number of likely N-dealkylation sites (N-methyl/N-ethyl adjacent to an activating group) is 1. The SMILES string of the molecule is CN1CCN(C[C@H]2C[C@@H](C(=O)N3CCCCC3)CN(CCc3ccccc3)C2)CC1. The monoisotopic (exact) mass is 412 g/mol. The van der Waals surface area contributed by atoms with Gasteiger partial charge in [0.25, 0.3) is 0 Å². The van der Waals surface area contributed by atoms with Crippen LogP contribution in [0.2, 0.25) is 0 Å². The Bertz CT molecular complexity index is 652. The molecule has 2 atom stereocenters. The lowest BCUT2D eigenvalue weighted by Crippen LogP contribution is -2.52. The minimum Gasteiger partial charge on any atom is -0.342 e. The molecule has 0 spiro atoms. The molecule has 5 heteroatoms. The maximum absolute atomic E-state index is 13.3. The Morgan fingerprint density at radius 1 is 0.900 bits per heavy atom. The minimum absolute atomic E-state index is 0.185. The summed E-state index contributed by atoms with van der Waals surface area (Å²) in [5.41, 5.74) is 1.40. The zero-order valence-electron chi connectivity index (χ0n) is 18.8. The van der Waals surface area contributed by atoms with Crippen LogP contribution in [0.3, 0.4) is 0 Å². The second-order valence-electron chi connectivity index (χ2n) is 9.78. The molecule has 0 radical (unpaired) electrons. The van der Waals surface area contributed by atoms with E-state index in [0.717, 1.165) is 52.1 Å². The number of amides is 1. The summed E-state index contributed by atoms with van der Waals surface area (Å²) in [5.74, 6) is 1.23. The fourth-order valence-corrected chi connectivity index (χ4v) is 5.50. The van der Waals surface area contributed by atoms with Crippen LogP contribution in [-0.2, 0) is 11.2 Å². The molecule has 30 heavy (non-hydrogen) atoms. The van der Waals surface area contributed by atoms with Crippen LogP contribution >= 0.6 is 0 Å². The number of piperazine rings is 1. The molecule has 0 unspecified atom stereocenters. The molecule has 3 heterocycles. The second kappa shape index (κ2) is 10.7. The van der Waals surface area contributed by atoms with Crippen molar-refractivity contribution in [3.05, 3.63) is 35.9 Å². The summed E-state index contributed by atoms with van der Waals surface area (Å²) in [6, 6.07) is 10.8. The zero-order valence-corrected chi connectivity index (χ0v) is 18.8. The lowest BCUT2D eigenvalue weighted by Gasteiger charge is -2.42. The third-order valence-corrected chi connectivity index (χ3v) is 7.30. The number of hydrogen-bond donors (Lipinski definition) is 0. The number of carbonyl (C=O) groups is 1. The third-order valence-electron chi connectivity index (χ3n) is 7.30. The first-order chi connectivity index (χ1) is 14.7. The Balaban J connectivity index is 1.38. The number of hydrogen-bond acceptors (Lipinski definition) is 4. The van der Waals surface area contributed by atoms with Crippen molar-refractivity contribution in [2.24, 2.45) is 11.8 Å². The third kappa shape index (κ3) is 6.05. The Kier molecular flexibility index (Phi) is 7.80. The number of carbonyl (C=O) groups excluding carboxylic acids is 1. The lowest BCUT2D eigenvalue weighted by molar-refractivity contribution is -0.139. The van der Waals surface area contributed by atoms with Crippen LogP contribution in [0, 0.1) is 11.8 Å². The van der Waals surface area contributed by atoms with Crippen LogP contribution in [0.5, 0.6) is 0 Å². The topological polar surface area (TPSA) is 30.0 Å². The first-order valence-electron chi connectivity index (χ1n) is 12.1. The van der Waals surface area contributed by atoms with Crippen molar-refractivity contribution in [3.8, 4) is 0 Å². The highest BCUT2D eigenvalue weighted by Crippen LogP contribution is 2.26. The van der Waals surface area contributed by atoms with E-state index in [0.29, 0.717) is 11.8 Å². The highest BCUT2D eigenvalue weighted by Gasteiger charge is 2.35. The van der Waals surface area contributed by atoms with Crippen molar-refractivity contribution in [1.29, 1.82) is 0 Å². The zero-order chi connectivity index (χ0) is 20.8. The quantitative estimate of drug-likeness (QED) is 0.718. The van der Waals surface area contributed by atoms with E-state index < -0.39 is 0 Å². The van der Waals surface area contributed by atoms with Crippen LogP contribution in [0.15, 0.2) is 30.3 Å². The smallest absolute Gasteiger partial charge is 0.226 e. The molecule has 0 N–H and O–H groups in total. The van der Waals surface area contributed by atoms with Gasteiger partial charge in [-0.3, -0.25) is 4.79 Å². The molecule has 0 saturated carbocycles. The standard InChI is InChI=1S/C25H40N4O/c1-26-14-16-27(17-15-26)19-23-18-24(25(30)29-11-6-3-7-12-29)21-28(20-23)13-10-22-8-4-2-5-9-22/h2,4-5,8-9,23-24H,3,6-7,10-21H2,1H3/t23-,24-/m1/s1. The van der Waals surface area contributed by atoms with E-state index >= 15 is 0 Å². The molecule has 0 bridgehead atoms. The molecule has 3 aliphatic heterocycles. The van der Waals surface area contributed by atoms with Crippen LogP contribution in [0.25, 0.3) is 0 Å². The van der Waals surface area contributed by atoms with E-state index in [1.807, 2.05) is 0 Å². The maximum Gasteiger partial charge on any atom is 0.226 e. The lowest BCUT2D eigenvalue weighted by atomic mass is 9.87. The first kappa shape index (κ1) is 21.8. The molecular weight excluding hydrogens is 372 g/mol. The Morgan fingerprint density at radius 2 is 1.63 bits per heavy atom. The first-order valence-corrected chi connectivity index (χ1v) is 12.1. The van der Waals surface area contributed by atoms with Crippen LogP contribution in [0.1, 0.15) is 31.2 Å². The molecule has 0 aromatic heterocycles. The normalized spacial score (nSPS) is 27.3. The van der Waals surface area contributed by atoms with Crippen molar-refractivity contribution in [1.82, 2.24) is 19.6 Å². The van der Waals surface area contributed by atoms with E-state index in [2.05, 4.69) is 57.0 Å². The van der Waals surface area contributed by atoms with Gasteiger partial charge in [0.05, 0.1) is 5.92 Å². The molecule has 3 saturated heterocycles. The highest BCUT2D eigenvalue weighted by atomic mass is 16.2. The fourth-order valence-electron chi connectivity index (χ4n) is 5.50. The summed E-state index contributed by atoms with van der Waals surface area (Å²) in [7, 11) is 2.22. The van der Waals surface area contributed by atoms with E-state index in [-0.39, 0.29) is 5.92 Å². The summed E-state index contributed by atoms with van der Waals surface area (Å²) in [5, 5.41) is 0.